The molecule has 1 aromatic heterocycles. The largest absolute Gasteiger partial charge is 0.317 e. The number of aromatic nitrogens is 2. The molecule has 1 saturated heterocycles. The van der Waals surface area contributed by atoms with E-state index < -0.39 is 5.41 Å². The molecule has 72 valence electrons. The third-order valence-corrected chi connectivity index (χ3v) is 2.66. The van der Waals surface area contributed by atoms with E-state index in [1.807, 2.05) is 0 Å². The van der Waals surface area contributed by atoms with E-state index >= 15 is 0 Å². The van der Waals surface area contributed by atoms with Crippen LogP contribution in [-0.2, 0) is 5.41 Å². The molecule has 0 unspecified atom stereocenters. The molecule has 0 saturated carbocycles. The summed E-state index contributed by atoms with van der Waals surface area (Å²) >= 11 is 0. The minimum absolute atomic E-state index is 0.466. The minimum atomic E-state index is -0.466. The van der Waals surface area contributed by atoms with E-state index in [9.17, 15) is 5.26 Å². The van der Waals surface area contributed by atoms with Crippen LogP contribution >= 0.6 is 0 Å². The van der Waals surface area contributed by atoms with Crippen molar-refractivity contribution in [3.8, 4) is 6.07 Å². The fourth-order valence-corrected chi connectivity index (χ4v) is 1.79. The molecule has 1 N–H and O–H groups in total. The first-order chi connectivity index (χ1) is 6.87. The first-order valence-corrected chi connectivity index (χ1v) is 4.77. The van der Waals surface area contributed by atoms with Gasteiger partial charge in [-0.15, -0.1) is 0 Å². The first kappa shape index (κ1) is 9.10. The summed E-state index contributed by atoms with van der Waals surface area (Å²) in [7, 11) is 0. The highest BCUT2D eigenvalue weighted by Crippen LogP contribution is 2.29. The maximum Gasteiger partial charge on any atom is 0.148 e. The third-order valence-electron chi connectivity index (χ3n) is 2.66. The molecule has 2 rings (SSSR count). The Morgan fingerprint density at radius 1 is 1.29 bits per heavy atom. The molecule has 2 heterocycles. The van der Waals surface area contributed by atoms with Gasteiger partial charge in [0.25, 0.3) is 0 Å². The molecule has 14 heavy (non-hydrogen) atoms. The summed E-state index contributed by atoms with van der Waals surface area (Å²) in [6, 6.07) is 4.14. The lowest BCUT2D eigenvalue weighted by atomic mass is 9.79. The predicted octanol–water partition coefficient (Wildman–Crippen LogP) is 0.621. The molecule has 1 aliphatic heterocycles. The van der Waals surface area contributed by atoms with E-state index in [0.717, 1.165) is 25.9 Å². The van der Waals surface area contributed by atoms with Gasteiger partial charge >= 0.3 is 0 Å². The van der Waals surface area contributed by atoms with Gasteiger partial charge in [-0.1, -0.05) is 0 Å². The number of nitrogens with zero attached hydrogens (tertiary/aromatic N) is 3. The van der Waals surface area contributed by atoms with E-state index in [-0.39, 0.29) is 0 Å². The Bertz CT molecular complexity index is 335. The Balaban J connectivity index is 2.33. The standard InChI is InChI=1S/C10H12N4/c11-8-10(2-6-12-7-3-10)9-13-4-1-5-14-9/h1,4-5,12H,2-3,6-7H2. The van der Waals surface area contributed by atoms with Gasteiger partial charge in [0, 0.05) is 12.4 Å². The van der Waals surface area contributed by atoms with E-state index in [1.165, 1.54) is 0 Å². The van der Waals surface area contributed by atoms with Gasteiger partial charge in [0.15, 0.2) is 0 Å². The fourth-order valence-electron chi connectivity index (χ4n) is 1.79. The van der Waals surface area contributed by atoms with Crippen molar-refractivity contribution in [2.75, 3.05) is 13.1 Å². The van der Waals surface area contributed by atoms with Crippen LogP contribution in [0.2, 0.25) is 0 Å². The van der Waals surface area contributed by atoms with Crippen molar-refractivity contribution in [2.45, 2.75) is 18.3 Å². The van der Waals surface area contributed by atoms with Gasteiger partial charge < -0.3 is 5.32 Å². The van der Waals surface area contributed by atoms with Crippen LogP contribution in [0.15, 0.2) is 18.5 Å². The zero-order valence-electron chi connectivity index (χ0n) is 7.90. The van der Waals surface area contributed by atoms with E-state index in [2.05, 4.69) is 21.4 Å². The van der Waals surface area contributed by atoms with Crippen molar-refractivity contribution in [1.29, 1.82) is 5.26 Å². The van der Waals surface area contributed by atoms with Crippen LogP contribution in [0.3, 0.4) is 0 Å². The molecular weight excluding hydrogens is 176 g/mol. The highest BCUT2D eigenvalue weighted by Gasteiger charge is 2.36. The lowest BCUT2D eigenvalue weighted by Gasteiger charge is -2.29. The van der Waals surface area contributed by atoms with Crippen molar-refractivity contribution in [1.82, 2.24) is 15.3 Å². The Kier molecular flexibility index (Phi) is 2.42. The number of hydrogen-bond acceptors (Lipinski definition) is 4. The van der Waals surface area contributed by atoms with Gasteiger partial charge in [-0.2, -0.15) is 5.26 Å². The van der Waals surface area contributed by atoms with Gasteiger partial charge in [0.05, 0.1) is 6.07 Å². The van der Waals surface area contributed by atoms with Crippen LogP contribution in [0.5, 0.6) is 0 Å². The van der Waals surface area contributed by atoms with Crippen molar-refractivity contribution >= 4 is 0 Å². The molecule has 0 atom stereocenters. The minimum Gasteiger partial charge on any atom is -0.317 e. The van der Waals surface area contributed by atoms with E-state index in [1.54, 1.807) is 18.5 Å². The summed E-state index contributed by atoms with van der Waals surface area (Å²) in [5, 5.41) is 12.5. The van der Waals surface area contributed by atoms with Crippen LogP contribution in [0.1, 0.15) is 18.7 Å². The molecule has 4 heteroatoms. The number of nitriles is 1. The van der Waals surface area contributed by atoms with Crippen LogP contribution in [0, 0.1) is 11.3 Å². The molecule has 1 aliphatic rings. The van der Waals surface area contributed by atoms with E-state index in [0.29, 0.717) is 5.82 Å². The summed E-state index contributed by atoms with van der Waals surface area (Å²) in [6.07, 6.45) is 4.99. The second-order valence-corrected chi connectivity index (χ2v) is 3.52. The van der Waals surface area contributed by atoms with Gasteiger partial charge in [0.2, 0.25) is 0 Å². The topological polar surface area (TPSA) is 61.6 Å². The summed E-state index contributed by atoms with van der Waals surface area (Å²) in [5.74, 6) is 0.670. The number of hydrogen-bond donors (Lipinski definition) is 1. The summed E-state index contributed by atoms with van der Waals surface area (Å²) in [6.45, 7) is 1.73. The average Bonchev–Trinajstić information content (AvgIpc) is 2.31. The SMILES string of the molecule is N#CC1(c2ncccn2)CCNCC1. The normalized spacial score (nSPS) is 19.9. The monoisotopic (exact) mass is 188 g/mol. The van der Waals surface area contributed by atoms with Crippen molar-refractivity contribution in [2.24, 2.45) is 0 Å². The summed E-state index contributed by atoms with van der Waals surface area (Å²) in [4.78, 5) is 8.37. The Morgan fingerprint density at radius 2 is 1.93 bits per heavy atom. The van der Waals surface area contributed by atoms with Crippen LogP contribution in [0.4, 0.5) is 0 Å². The lowest BCUT2D eigenvalue weighted by molar-refractivity contribution is 0.366. The second kappa shape index (κ2) is 3.72. The Hall–Kier alpha value is -1.47. The highest BCUT2D eigenvalue weighted by molar-refractivity contribution is 5.21. The first-order valence-electron chi connectivity index (χ1n) is 4.77. The molecule has 4 nitrogen and oxygen atoms in total. The molecule has 0 amide bonds. The molecule has 0 aliphatic carbocycles. The maximum atomic E-state index is 9.24. The number of piperidine rings is 1. The summed E-state index contributed by atoms with van der Waals surface area (Å²) in [5.41, 5.74) is -0.466. The molecule has 1 aromatic rings. The smallest absolute Gasteiger partial charge is 0.148 e. The fraction of sp³-hybridized carbons (Fsp3) is 0.500. The van der Waals surface area contributed by atoms with E-state index in [4.69, 9.17) is 0 Å². The molecule has 1 fully saturated rings. The van der Waals surface area contributed by atoms with Crippen LogP contribution in [0.25, 0.3) is 0 Å². The van der Waals surface area contributed by atoms with Gasteiger partial charge in [-0.25, -0.2) is 9.97 Å². The molecule has 0 bridgehead atoms. The second-order valence-electron chi connectivity index (χ2n) is 3.52. The zero-order chi connectivity index (χ0) is 9.86. The quantitative estimate of drug-likeness (QED) is 0.701. The average molecular weight is 188 g/mol. The van der Waals surface area contributed by atoms with Gasteiger partial charge in [0.1, 0.15) is 11.2 Å². The highest BCUT2D eigenvalue weighted by atomic mass is 14.9. The molecular formula is C10H12N4. The maximum absolute atomic E-state index is 9.24. The molecule has 0 spiro atoms. The van der Waals surface area contributed by atoms with Crippen molar-refractivity contribution in [3.63, 3.8) is 0 Å². The number of nitrogens with one attached hydrogen (secondary N) is 1. The predicted molar refractivity (Wildman–Crippen MR) is 51.4 cm³/mol. The van der Waals surface area contributed by atoms with Gasteiger partial charge in [-0.3, -0.25) is 0 Å². The number of rotatable bonds is 1. The molecule has 0 aromatic carbocycles. The van der Waals surface area contributed by atoms with Crippen molar-refractivity contribution < 1.29 is 0 Å². The zero-order valence-corrected chi connectivity index (χ0v) is 7.90. The van der Waals surface area contributed by atoms with Gasteiger partial charge in [-0.05, 0) is 32.0 Å². The Labute approximate surface area is 83.0 Å². The Morgan fingerprint density at radius 3 is 2.50 bits per heavy atom. The molecule has 0 radical (unpaired) electrons. The van der Waals surface area contributed by atoms with Crippen molar-refractivity contribution in [3.05, 3.63) is 24.3 Å². The lowest BCUT2D eigenvalue weighted by Crippen LogP contribution is -2.40. The van der Waals surface area contributed by atoms with Crippen LogP contribution in [-0.4, -0.2) is 23.1 Å². The van der Waals surface area contributed by atoms with Crippen LogP contribution < -0.4 is 5.32 Å². The summed E-state index contributed by atoms with van der Waals surface area (Å²) < 4.78 is 0. The third kappa shape index (κ3) is 1.47.